The standard InChI is InChI=1S/C12H23N3O5/c1-5-15(6-2)9(17)7-14(4)12(20)13-10(8(3)16)11(18)19/h8,10,16H,5-7H2,1-4H3,(H,13,20)(H,18,19). The van der Waals surface area contributed by atoms with Gasteiger partial charge in [-0.05, 0) is 20.8 Å². The maximum absolute atomic E-state index is 11.8. The summed E-state index contributed by atoms with van der Waals surface area (Å²) in [5.74, 6) is -1.56. The second-order valence-corrected chi connectivity index (χ2v) is 4.43. The van der Waals surface area contributed by atoms with Gasteiger partial charge in [-0.15, -0.1) is 0 Å². The molecule has 0 aromatic heterocycles. The molecule has 20 heavy (non-hydrogen) atoms. The summed E-state index contributed by atoms with van der Waals surface area (Å²) >= 11 is 0. The number of aliphatic hydroxyl groups is 1. The fourth-order valence-electron chi connectivity index (χ4n) is 1.58. The molecule has 0 fully saturated rings. The average Bonchev–Trinajstić information content (AvgIpc) is 2.35. The molecule has 8 heteroatoms. The van der Waals surface area contributed by atoms with Crippen LogP contribution in [-0.2, 0) is 9.59 Å². The Bertz CT molecular complexity index is 355. The second-order valence-electron chi connectivity index (χ2n) is 4.43. The predicted octanol–water partition coefficient (Wildman–Crippen LogP) is -0.670. The van der Waals surface area contributed by atoms with Crippen molar-refractivity contribution in [3.63, 3.8) is 0 Å². The molecule has 0 aromatic carbocycles. The van der Waals surface area contributed by atoms with E-state index in [1.54, 1.807) is 4.90 Å². The van der Waals surface area contributed by atoms with Crippen molar-refractivity contribution in [2.75, 3.05) is 26.7 Å². The van der Waals surface area contributed by atoms with Gasteiger partial charge in [0.1, 0.15) is 6.54 Å². The molecule has 0 heterocycles. The fraction of sp³-hybridized carbons (Fsp3) is 0.750. The van der Waals surface area contributed by atoms with Crippen molar-refractivity contribution in [2.24, 2.45) is 0 Å². The number of aliphatic hydroxyl groups excluding tert-OH is 1. The Morgan fingerprint density at radius 3 is 2.05 bits per heavy atom. The predicted molar refractivity (Wildman–Crippen MR) is 72.2 cm³/mol. The summed E-state index contributed by atoms with van der Waals surface area (Å²) in [6.45, 7) is 5.84. The van der Waals surface area contributed by atoms with Crippen LogP contribution in [0.15, 0.2) is 0 Å². The molecule has 3 N–H and O–H groups in total. The lowest BCUT2D eigenvalue weighted by Crippen LogP contribution is -2.53. The normalized spacial score (nSPS) is 13.2. The molecule has 0 radical (unpaired) electrons. The average molecular weight is 289 g/mol. The molecule has 8 nitrogen and oxygen atoms in total. The number of hydrogen-bond acceptors (Lipinski definition) is 4. The van der Waals surface area contributed by atoms with Gasteiger partial charge < -0.3 is 25.3 Å². The summed E-state index contributed by atoms with van der Waals surface area (Å²) in [5.41, 5.74) is 0. The van der Waals surface area contributed by atoms with Crippen molar-refractivity contribution in [1.29, 1.82) is 0 Å². The highest BCUT2D eigenvalue weighted by Gasteiger charge is 2.27. The van der Waals surface area contributed by atoms with E-state index in [9.17, 15) is 19.5 Å². The van der Waals surface area contributed by atoms with Gasteiger partial charge in [-0.25, -0.2) is 9.59 Å². The number of urea groups is 1. The van der Waals surface area contributed by atoms with E-state index >= 15 is 0 Å². The van der Waals surface area contributed by atoms with E-state index in [0.717, 1.165) is 4.90 Å². The van der Waals surface area contributed by atoms with Gasteiger partial charge in [0.25, 0.3) is 0 Å². The Labute approximate surface area is 118 Å². The zero-order valence-corrected chi connectivity index (χ0v) is 12.3. The molecular formula is C12H23N3O5. The zero-order valence-electron chi connectivity index (χ0n) is 12.3. The molecule has 0 spiro atoms. The number of rotatable bonds is 7. The Kier molecular flexibility index (Phi) is 7.60. The Hall–Kier alpha value is -1.83. The number of nitrogens with one attached hydrogen (secondary N) is 1. The van der Waals surface area contributed by atoms with E-state index in [-0.39, 0.29) is 12.5 Å². The van der Waals surface area contributed by atoms with E-state index in [1.807, 2.05) is 13.8 Å². The van der Waals surface area contributed by atoms with Crippen molar-refractivity contribution in [2.45, 2.75) is 32.9 Å². The third-order valence-electron chi connectivity index (χ3n) is 2.86. The number of likely N-dealkylation sites (N-methyl/N-ethyl adjacent to an activating group) is 2. The smallest absolute Gasteiger partial charge is 0.328 e. The lowest BCUT2D eigenvalue weighted by molar-refractivity contribution is -0.141. The molecule has 0 aromatic rings. The first kappa shape index (κ1) is 18.2. The van der Waals surface area contributed by atoms with Crippen LogP contribution in [-0.4, -0.2) is 76.7 Å². The first-order valence-electron chi connectivity index (χ1n) is 6.44. The minimum atomic E-state index is -1.41. The number of aliphatic carboxylic acids is 1. The molecule has 0 aliphatic carbocycles. The summed E-state index contributed by atoms with van der Waals surface area (Å²) in [7, 11) is 1.39. The molecule has 0 aliphatic rings. The molecule has 2 atom stereocenters. The van der Waals surface area contributed by atoms with Crippen LogP contribution in [0, 0.1) is 0 Å². The van der Waals surface area contributed by atoms with Crippen LogP contribution in [0.4, 0.5) is 4.79 Å². The SMILES string of the molecule is CCN(CC)C(=O)CN(C)C(=O)NC(C(=O)O)C(C)O. The minimum Gasteiger partial charge on any atom is -0.480 e. The van der Waals surface area contributed by atoms with Crippen molar-refractivity contribution in [3.05, 3.63) is 0 Å². The van der Waals surface area contributed by atoms with Gasteiger partial charge in [-0.3, -0.25) is 4.79 Å². The van der Waals surface area contributed by atoms with Gasteiger partial charge in [0.05, 0.1) is 6.10 Å². The highest BCUT2D eigenvalue weighted by molar-refractivity contribution is 5.86. The fourth-order valence-corrected chi connectivity index (χ4v) is 1.58. The van der Waals surface area contributed by atoms with Crippen LogP contribution < -0.4 is 5.32 Å². The highest BCUT2D eigenvalue weighted by Crippen LogP contribution is 1.97. The van der Waals surface area contributed by atoms with Crippen LogP contribution in [0.2, 0.25) is 0 Å². The lowest BCUT2D eigenvalue weighted by atomic mass is 10.2. The Morgan fingerprint density at radius 2 is 1.70 bits per heavy atom. The van der Waals surface area contributed by atoms with Gasteiger partial charge in [0.15, 0.2) is 6.04 Å². The van der Waals surface area contributed by atoms with E-state index in [1.165, 1.54) is 14.0 Å². The van der Waals surface area contributed by atoms with E-state index < -0.39 is 24.1 Å². The maximum atomic E-state index is 11.8. The number of carboxylic acid groups (broad SMARTS) is 1. The zero-order chi connectivity index (χ0) is 15.9. The molecule has 0 saturated carbocycles. The first-order valence-corrected chi connectivity index (χ1v) is 6.44. The Morgan fingerprint density at radius 1 is 1.20 bits per heavy atom. The molecule has 2 unspecified atom stereocenters. The maximum Gasteiger partial charge on any atom is 0.328 e. The third-order valence-corrected chi connectivity index (χ3v) is 2.86. The topological polar surface area (TPSA) is 110 Å². The summed E-state index contributed by atoms with van der Waals surface area (Å²) in [4.78, 5) is 37.1. The molecular weight excluding hydrogens is 266 g/mol. The number of hydrogen-bond donors (Lipinski definition) is 3. The number of carbonyl (C=O) groups is 3. The van der Waals surface area contributed by atoms with Crippen LogP contribution in [0.25, 0.3) is 0 Å². The van der Waals surface area contributed by atoms with Gasteiger partial charge in [-0.1, -0.05) is 0 Å². The van der Waals surface area contributed by atoms with Crippen molar-refractivity contribution < 1.29 is 24.6 Å². The number of amides is 3. The summed E-state index contributed by atoms with van der Waals surface area (Å²) in [6.07, 6.45) is -1.23. The van der Waals surface area contributed by atoms with Gasteiger partial charge in [0, 0.05) is 20.1 Å². The molecule has 3 amide bonds. The van der Waals surface area contributed by atoms with Crippen molar-refractivity contribution in [3.8, 4) is 0 Å². The number of nitrogens with zero attached hydrogens (tertiary/aromatic N) is 2. The molecule has 0 rings (SSSR count). The minimum absolute atomic E-state index is 0.153. The van der Waals surface area contributed by atoms with Gasteiger partial charge >= 0.3 is 12.0 Å². The van der Waals surface area contributed by atoms with Gasteiger partial charge in [0.2, 0.25) is 5.91 Å². The van der Waals surface area contributed by atoms with Crippen molar-refractivity contribution >= 4 is 17.9 Å². The van der Waals surface area contributed by atoms with Crippen LogP contribution in [0.5, 0.6) is 0 Å². The second kappa shape index (κ2) is 8.36. The van der Waals surface area contributed by atoms with E-state index in [0.29, 0.717) is 13.1 Å². The number of carbonyl (C=O) groups excluding carboxylic acids is 2. The van der Waals surface area contributed by atoms with Crippen LogP contribution >= 0.6 is 0 Å². The highest BCUT2D eigenvalue weighted by atomic mass is 16.4. The Balaban J connectivity index is 4.55. The summed E-state index contributed by atoms with van der Waals surface area (Å²) in [5, 5.41) is 20.3. The lowest BCUT2D eigenvalue weighted by Gasteiger charge is -2.25. The first-order chi connectivity index (χ1) is 9.24. The molecule has 0 aliphatic heterocycles. The third kappa shape index (κ3) is 5.43. The number of carboxylic acids is 1. The summed E-state index contributed by atoms with van der Waals surface area (Å²) in [6, 6.07) is -2.13. The quantitative estimate of drug-likeness (QED) is 0.576. The summed E-state index contributed by atoms with van der Waals surface area (Å²) < 4.78 is 0. The monoisotopic (exact) mass is 289 g/mol. The molecule has 0 bridgehead atoms. The van der Waals surface area contributed by atoms with Gasteiger partial charge in [-0.2, -0.15) is 0 Å². The van der Waals surface area contributed by atoms with E-state index in [4.69, 9.17) is 5.11 Å². The largest absolute Gasteiger partial charge is 0.480 e. The molecule has 116 valence electrons. The van der Waals surface area contributed by atoms with Crippen LogP contribution in [0.1, 0.15) is 20.8 Å². The molecule has 0 saturated heterocycles. The van der Waals surface area contributed by atoms with Crippen LogP contribution in [0.3, 0.4) is 0 Å². The van der Waals surface area contributed by atoms with Crippen molar-refractivity contribution in [1.82, 2.24) is 15.1 Å². The van der Waals surface area contributed by atoms with E-state index in [2.05, 4.69) is 5.32 Å².